The third-order valence-corrected chi connectivity index (χ3v) is 5.08. The third kappa shape index (κ3) is 3.40. The quantitative estimate of drug-likeness (QED) is 0.690. The Balaban J connectivity index is 1.42. The number of amides is 1. The van der Waals surface area contributed by atoms with Gasteiger partial charge in [0, 0.05) is 50.1 Å². The Bertz CT molecular complexity index is 950. The van der Waals surface area contributed by atoms with Crippen molar-refractivity contribution >= 4 is 34.8 Å². The summed E-state index contributed by atoms with van der Waals surface area (Å²) in [5.41, 5.74) is 1.93. The van der Waals surface area contributed by atoms with Crippen molar-refractivity contribution in [1.29, 1.82) is 0 Å². The van der Waals surface area contributed by atoms with E-state index in [2.05, 4.69) is 21.0 Å². The molecule has 1 saturated heterocycles. The van der Waals surface area contributed by atoms with Crippen molar-refractivity contribution in [2.75, 3.05) is 26.2 Å². The van der Waals surface area contributed by atoms with Crippen molar-refractivity contribution in [3.63, 3.8) is 0 Å². The molecule has 26 heavy (non-hydrogen) atoms. The fourth-order valence-corrected chi connectivity index (χ4v) is 3.61. The maximum Gasteiger partial charge on any atom is 0.276 e. The molecule has 1 amide bonds. The smallest absolute Gasteiger partial charge is 0.276 e. The van der Waals surface area contributed by atoms with Gasteiger partial charge in [0.25, 0.3) is 5.91 Å². The molecule has 134 valence electrons. The predicted octanol–water partition coefficient (Wildman–Crippen LogP) is 2.99. The highest BCUT2D eigenvalue weighted by atomic mass is 35.5. The monoisotopic (exact) mass is 389 g/mol. The fraction of sp³-hybridized carbons (Fsp3) is 0.278. The molecule has 3 heterocycles. The van der Waals surface area contributed by atoms with Crippen molar-refractivity contribution in [3.8, 4) is 0 Å². The summed E-state index contributed by atoms with van der Waals surface area (Å²) in [5, 5.41) is 5.33. The first-order chi connectivity index (χ1) is 12.6. The van der Waals surface area contributed by atoms with Crippen LogP contribution in [0.2, 0.25) is 10.0 Å². The number of hydrogen-bond donors (Lipinski definition) is 0. The van der Waals surface area contributed by atoms with Gasteiger partial charge in [0.05, 0.1) is 0 Å². The SMILES string of the molecule is O=C(c1nn2cccnc2c1Cl)N1CCN(Cc2cccc(Cl)c2)CC1. The Hall–Kier alpha value is -2.15. The van der Waals surface area contributed by atoms with Gasteiger partial charge in [0.2, 0.25) is 0 Å². The van der Waals surface area contributed by atoms with Gasteiger partial charge in [-0.1, -0.05) is 35.3 Å². The number of aromatic nitrogens is 3. The number of benzene rings is 1. The lowest BCUT2D eigenvalue weighted by Crippen LogP contribution is -2.48. The summed E-state index contributed by atoms with van der Waals surface area (Å²) in [6.07, 6.45) is 3.36. The normalized spacial score (nSPS) is 15.5. The number of nitrogens with zero attached hydrogens (tertiary/aromatic N) is 5. The zero-order valence-electron chi connectivity index (χ0n) is 14.0. The van der Waals surface area contributed by atoms with Crippen LogP contribution in [0.1, 0.15) is 16.1 Å². The lowest BCUT2D eigenvalue weighted by Gasteiger charge is -2.34. The molecule has 0 bridgehead atoms. The van der Waals surface area contributed by atoms with Crippen molar-refractivity contribution in [1.82, 2.24) is 24.4 Å². The van der Waals surface area contributed by atoms with E-state index in [1.165, 1.54) is 10.1 Å². The molecule has 0 N–H and O–H groups in total. The average molecular weight is 390 g/mol. The summed E-state index contributed by atoms with van der Waals surface area (Å²) < 4.78 is 1.53. The number of carbonyl (C=O) groups excluding carboxylic acids is 1. The van der Waals surface area contributed by atoms with Crippen molar-refractivity contribution in [2.24, 2.45) is 0 Å². The highest BCUT2D eigenvalue weighted by Crippen LogP contribution is 2.22. The minimum Gasteiger partial charge on any atom is -0.335 e. The van der Waals surface area contributed by atoms with E-state index in [4.69, 9.17) is 23.2 Å². The second kappa shape index (κ2) is 7.23. The minimum atomic E-state index is -0.150. The molecule has 0 spiro atoms. The van der Waals surface area contributed by atoms with Crippen LogP contribution in [-0.4, -0.2) is 56.5 Å². The predicted molar refractivity (Wildman–Crippen MR) is 101 cm³/mol. The summed E-state index contributed by atoms with van der Waals surface area (Å²) >= 11 is 12.4. The average Bonchev–Trinajstić information content (AvgIpc) is 2.99. The van der Waals surface area contributed by atoms with Gasteiger partial charge >= 0.3 is 0 Å². The van der Waals surface area contributed by atoms with Gasteiger partial charge in [-0.3, -0.25) is 9.69 Å². The van der Waals surface area contributed by atoms with Gasteiger partial charge in [-0.25, -0.2) is 9.50 Å². The number of piperazine rings is 1. The van der Waals surface area contributed by atoms with E-state index < -0.39 is 0 Å². The summed E-state index contributed by atoms with van der Waals surface area (Å²) in [5.74, 6) is -0.150. The molecule has 0 saturated carbocycles. The van der Waals surface area contributed by atoms with Crippen LogP contribution in [-0.2, 0) is 6.54 Å². The molecule has 6 nitrogen and oxygen atoms in total. The largest absolute Gasteiger partial charge is 0.335 e. The van der Waals surface area contributed by atoms with Crippen LogP contribution < -0.4 is 0 Å². The van der Waals surface area contributed by atoms with Crippen molar-refractivity contribution < 1.29 is 4.79 Å². The first-order valence-corrected chi connectivity index (χ1v) is 9.12. The molecule has 2 aromatic heterocycles. The lowest BCUT2D eigenvalue weighted by molar-refractivity contribution is 0.0622. The number of carbonyl (C=O) groups is 1. The van der Waals surface area contributed by atoms with Gasteiger partial charge in [0.15, 0.2) is 11.3 Å². The second-order valence-corrected chi connectivity index (χ2v) is 7.06. The van der Waals surface area contributed by atoms with E-state index in [1.54, 1.807) is 23.4 Å². The molecular formula is C18H17Cl2N5O. The Labute approximate surface area is 160 Å². The van der Waals surface area contributed by atoms with Crippen LogP contribution >= 0.6 is 23.2 Å². The van der Waals surface area contributed by atoms with Crippen molar-refractivity contribution in [2.45, 2.75) is 6.54 Å². The highest BCUT2D eigenvalue weighted by Gasteiger charge is 2.27. The molecule has 1 aliphatic rings. The second-order valence-electron chi connectivity index (χ2n) is 6.25. The first kappa shape index (κ1) is 17.3. The van der Waals surface area contributed by atoms with Crippen LogP contribution in [0.25, 0.3) is 5.65 Å². The molecule has 3 aromatic rings. The molecule has 0 radical (unpaired) electrons. The summed E-state index contributed by atoms with van der Waals surface area (Å²) in [6, 6.07) is 9.61. The van der Waals surface area contributed by atoms with Gasteiger partial charge in [-0.15, -0.1) is 0 Å². The van der Waals surface area contributed by atoms with Crippen LogP contribution in [0.4, 0.5) is 0 Å². The van der Waals surface area contributed by atoms with E-state index in [0.717, 1.165) is 24.7 Å². The zero-order chi connectivity index (χ0) is 18.1. The fourth-order valence-electron chi connectivity index (χ4n) is 3.15. The zero-order valence-corrected chi connectivity index (χ0v) is 15.5. The third-order valence-electron chi connectivity index (χ3n) is 4.50. The van der Waals surface area contributed by atoms with E-state index in [1.807, 2.05) is 18.2 Å². The van der Waals surface area contributed by atoms with Crippen LogP contribution in [0.15, 0.2) is 42.7 Å². The first-order valence-electron chi connectivity index (χ1n) is 8.37. The summed E-state index contributed by atoms with van der Waals surface area (Å²) in [4.78, 5) is 21.1. The lowest BCUT2D eigenvalue weighted by atomic mass is 10.2. The molecule has 8 heteroatoms. The Kier molecular flexibility index (Phi) is 4.80. The number of hydrogen-bond acceptors (Lipinski definition) is 4. The Morgan fingerprint density at radius 3 is 2.65 bits per heavy atom. The van der Waals surface area contributed by atoms with E-state index >= 15 is 0 Å². The van der Waals surface area contributed by atoms with Crippen molar-refractivity contribution in [3.05, 3.63) is 64.0 Å². The molecule has 4 rings (SSSR count). The number of rotatable bonds is 3. The Morgan fingerprint density at radius 2 is 1.92 bits per heavy atom. The molecular weight excluding hydrogens is 373 g/mol. The van der Waals surface area contributed by atoms with E-state index in [-0.39, 0.29) is 11.6 Å². The summed E-state index contributed by atoms with van der Waals surface area (Å²) in [7, 11) is 0. The van der Waals surface area contributed by atoms with Crippen LogP contribution in [0.3, 0.4) is 0 Å². The minimum absolute atomic E-state index is 0.150. The maximum absolute atomic E-state index is 12.8. The molecule has 1 aromatic carbocycles. The molecule has 0 aliphatic carbocycles. The van der Waals surface area contributed by atoms with Gasteiger partial charge < -0.3 is 4.90 Å². The van der Waals surface area contributed by atoms with Gasteiger partial charge in [-0.05, 0) is 23.8 Å². The maximum atomic E-state index is 12.8. The molecule has 1 aliphatic heterocycles. The van der Waals surface area contributed by atoms with Gasteiger partial charge in [-0.2, -0.15) is 5.10 Å². The molecule has 0 atom stereocenters. The van der Waals surface area contributed by atoms with E-state index in [9.17, 15) is 4.79 Å². The van der Waals surface area contributed by atoms with Gasteiger partial charge in [0.1, 0.15) is 5.02 Å². The van der Waals surface area contributed by atoms with Crippen LogP contribution in [0, 0.1) is 0 Å². The standard InChI is InChI=1S/C18H17Cl2N5O/c19-14-4-1-3-13(11-14)12-23-7-9-24(10-8-23)18(26)16-15(20)17-21-5-2-6-25(17)22-16/h1-6,11H,7-10,12H2. The Morgan fingerprint density at radius 1 is 1.12 bits per heavy atom. The van der Waals surface area contributed by atoms with E-state index in [0.29, 0.717) is 23.8 Å². The van der Waals surface area contributed by atoms with Crippen LogP contribution in [0.5, 0.6) is 0 Å². The topological polar surface area (TPSA) is 53.7 Å². The summed E-state index contributed by atoms with van der Waals surface area (Å²) in [6.45, 7) is 3.68. The number of halogens is 2. The molecule has 1 fully saturated rings. The highest BCUT2D eigenvalue weighted by molar-refractivity contribution is 6.36. The number of fused-ring (bicyclic) bond motifs is 1. The molecule has 0 unspecified atom stereocenters.